The molecule has 0 radical (unpaired) electrons. The number of halogens is 5. The molecule has 0 atom stereocenters. The van der Waals surface area contributed by atoms with Crippen molar-refractivity contribution in [2.75, 3.05) is 5.32 Å². The van der Waals surface area contributed by atoms with E-state index < -0.39 is 11.7 Å². The van der Waals surface area contributed by atoms with Crippen molar-refractivity contribution >= 4 is 39.0 Å². The fourth-order valence-electron chi connectivity index (χ4n) is 1.37. The molecule has 0 saturated carbocycles. The van der Waals surface area contributed by atoms with Crippen LogP contribution in [0.1, 0.15) is 5.56 Å². The zero-order valence-corrected chi connectivity index (χ0v) is 11.5. The highest BCUT2D eigenvalue weighted by molar-refractivity contribution is 9.10. The van der Waals surface area contributed by atoms with E-state index in [4.69, 9.17) is 11.6 Å². The Morgan fingerprint density at radius 1 is 1.26 bits per heavy atom. The predicted octanol–water partition coefficient (Wildman–Crippen LogP) is 4.65. The van der Waals surface area contributed by atoms with Crippen LogP contribution < -0.4 is 5.32 Å². The number of nitrogens with one attached hydrogen (secondary N) is 1. The van der Waals surface area contributed by atoms with Crippen molar-refractivity contribution in [1.82, 2.24) is 9.97 Å². The average Bonchev–Trinajstić information content (AvgIpc) is 2.27. The molecule has 19 heavy (non-hydrogen) atoms. The summed E-state index contributed by atoms with van der Waals surface area (Å²) in [6.45, 7) is 0. The van der Waals surface area contributed by atoms with Crippen LogP contribution in [0.4, 0.5) is 24.7 Å². The van der Waals surface area contributed by atoms with E-state index in [1.54, 1.807) is 24.3 Å². The zero-order valence-electron chi connectivity index (χ0n) is 9.17. The number of alkyl halides is 3. The van der Waals surface area contributed by atoms with Crippen LogP contribution in [0.2, 0.25) is 5.28 Å². The third kappa shape index (κ3) is 3.57. The van der Waals surface area contributed by atoms with Crippen molar-refractivity contribution in [3.05, 3.63) is 45.8 Å². The molecule has 1 heterocycles. The van der Waals surface area contributed by atoms with Gasteiger partial charge in [0.2, 0.25) is 5.28 Å². The van der Waals surface area contributed by atoms with Crippen molar-refractivity contribution in [3.63, 3.8) is 0 Å². The summed E-state index contributed by atoms with van der Waals surface area (Å²) in [5.74, 6) is -0.384. The zero-order chi connectivity index (χ0) is 14.0. The van der Waals surface area contributed by atoms with Crippen LogP contribution in [0.25, 0.3) is 0 Å². The van der Waals surface area contributed by atoms with E-state index in [9.17, 15) is 13.2 Å². The average molecular weight is 353 g/mol. The maximum Gasteiger partial charge on any atom is 0.421 e. The van der Waals surface area contributed by atoms with Gasteiger partial charge in [-0.1, -0.05) is 22.0 Å². The number of hydrogen-bond acceptors (Lipinski definition) is 3. The van der Waals surface area contributed by atoms with Crippen LogP contribution in [0.15, 0.2) is 34.9 Å². The fraction of sp³-hybridized carbons (Fsp3) is 0.0909. The molecule has 0 spiro atoms. The number of nitrogens with zero attached hydrogens (tertiary/aromatic N) is 2. The van der Waals surface area contributed by atoms with Gasteiger partial charge >= 0.3 is 6.18 Å². The molecule has 1 aromatic heterocycles. The lowest BCUT2D eigenvalue weighted by Gasteiger charge is -2.13. The van der Waals surface area contributed by atoms with Gasteiger partial charge in [-0.15, -0.1) is 0 Å². The van der Waals surface area contributed by atoms with E-state index in [0.717, 1.165) is 4.47 Å². The van der Waals surface area contributed by atoms with E-state index in [1.165, 1.54) is 0 Å². The van der Waals surface area contributed by atoms with Gasteiger partial charge in [0, 0.05) is 16.4 Å². The Labute approximate surface area is 120 Å². The van der Waals surface area contributed by atoms with Crippen molar-refractivity contribution in [2.45, 2.75) is 6.18 Å². The molecule has 0 saturated heterocycles. The highest BCUT2D eigenvalue weighted by atomic mass is 79.9. The molecule has 0 unspecified atom stereocenters. The first-order valence-electron chi connectivity index (χ1n) is 4.98. The summed E-state index contributed by atoms with van der Waals surface area (Å²) >= 11 is 8.75. The maximum absolute atomic E-state index is 12.8. The third-order valence-corrected chi connectivity index (χ3v) is 2.83. The van der Waals surface area contributed by atoms with Gasteiger partial charge in [0.05, 0.1) is 0 Å². The van der Waals surface area contributed by atoms with Crippen molar-refractivity contribution in [3.8, 4) is 0 Å². The molecule has 0 aliphatic rings. The Bertz CT molecular complexity index is 604. The monoisotopic (exact) mass is 351 g/mol. The first kappa shape index (κ1) is 14.1. The van der Waals surface area contributed by atoms with Crippen LogP contribution >= 0.6 is 27.5 Å². The summed E-state index contributed by atoms with van der Waals surface area (Å²) in [7, 11) is 0. The van der Waals surface area contributed by atoms with E-state index >= 15 is 0 Å². The molecule has 0 aliphatic carbocycles. The number of aromatic nitrogens is 2. The minimum Gasteiger partial charge on any atom is -0.340 e. The lowest BCUT2D eigenvalue weighted by atomic mass is 10.2. The number of benzene rings is 1. The van der Waals surface area contributed by atoms with Crippen molar-refractivity contribution < 1.29 is 13.2 Å². The molecule has 1 aromatic carbocycles. The van der Waals surface area contributed by atoms with Gasteiger partial charge in [0.25, 0.3) is 0 Å². The Kier molecular flexibility index (Phi) is 3.96. The second-order valence-corrected chi connectivity index (χ2v) is 4.79. The Morgan fingerprint density at radius 3 is 2.63 bits per heavy atom. The van der Waals surface area contributed by atoms with Gasteiger partial charge in [0.1, 0.15) is 11.4 Å². The lowest BCUT2D eigenvalue weighted by molar-refractivity contribution is -0.137. The summed E-state index contributed by atoms with van der Waals surface area (Å²) in [4.78, 5) is 6.92. The summed E-state index contributed by atoms with van der Waals surface area (Å²) in [6.07, 6.45) is -3.91. The number of anilines is 2. The molecule has 100 valence electrons. The van der Waals surface area contributed by atoms with Crippen molar-refractivity contribution in [1.29, 1.82) is 0 Å². The Morgan fingerprint density at radius 2 is 2.00 bits per heavy atom. The van der Waals surface area contributed by atoms with E-state index in [0.29, 0.717) is 11.9 Å². The smallest absolute Gasteiger partial charge is 0.340 e. The fourth-order valence-corrected chi connectivity index (χ4v) is 1.90. The van der Waals surface area contributed by atoms with Crippen LogP contribution in [0.5, 0.6) is 0 Å². The van der Waals surface area contributed by atoms with E-state index in [-0.39, 0.29) is 11.1 Å². The molecule has 0 bridgehead atoms. The standard InChI is InChI=1S/C11H6BrClF3N3/c12-6-2-1-3-7(4-6)18-9-8(11(14,15)16)5-17-10(13)19-9/h1-5H,(H,17,18,19). The SMILES string of the molecule is FC(F)(F)c1cnc(Cl)nc1Nc1cccc(Br)c1. The van der Waals surface area contributed by atoms with Crippen LogP contribution in [-0.2, 0) is 6.18 Å². The summed E-state index contributed by atoms with van der Waals surface area (Å²) < 4.78 is 39.1. The topological polar surface area (TPSA) is 37.8 Å². The normalized spacial score (nSPS) is 11.4. The molecule has 2 rings (SSSR count). The van der Waals surface area contributed by atoms with Gasteiger partial charge in [0.15, 0.2) is 0 Å². The molecule has 0 aliphatic heterocycles. The maximum atomic E-state index is 12.8. The van der Waals surface area contributed by atoms with E-state index in [1.807, 2.05) is 0 Å². The van der Waals surface area contributed by atoms with Crippen LogP contribution in [0, 0.1) is 0 Å². The van der Waals surface area contributed by atoms with Gasteiger partial charge in [-0.05, 0) is 29.8 Å². The summed E-state index contributed by atoms with van der Waals surface area (Å²) in [5, 5.41) is 2.32. The molecule has 2 aromatic rings. The third-order valence-electron chi connectivity index (χ3n) is 2.15. The minimum atomic E-state index is -4.56. The molecule has 8 heteroatoms. The van der Waals surface area contributed by atoms with E-state index in [2.05, 4.69) is 31.2 Å². The van der Waals surface area contributed by atoms with Crippen molar-refractivity contribution in [2.24, 2.45) is 0 Å². The highest BCUT2D eigenvalue weighted by Crippen LogP contribution is 2.35. The van der Waals surface area contributed by atoms with Gasteiger partial charge in [-0.3, -0.25) is 0 Å². The summed E-state index contributed by atoms with van der Waals surface area (Å²) in [5.41, 5.74) is -0.522. The van der Waals surface area contributed by atoms with Gasteiger partial charge in [-0.2, -0.15) is 18.2 Å². The van der Waals surface area contributed by atoms with Gasteiger partial charge in [-0.25, -0.2) is 4.98 Å². The molecule has 1 N–H and O–H groups in total. The highest BCUT2D eigenvalue weighted by Gasteiger charge is 2.35. The van der Waals surface area contributed by atoms with Gasteiger partial charge < -0.3 is 5.32 Å². The molecule has 0 amide bonds. The largest absolute Gasteiger partial charge is 0.421 e. The second-order valence-electron chi connectivity index (χ2n) is 3.53. The van der Waals surface area contributed by atoms with Crippen LogP contribution in [0.3, 0.4) is 0 Å². The molecular formula is C11H6BrClF3N3. The van der Waals surface area contributed by atoms with Crippen LogP contribution in [-0.4, -0.2) is 9.97 Å². The first-order chi connectivity index (χ1) is 8.86. The Balaban J connectivity index is 2.41. The Hall–Kier alpha value is -1.34. The number of rotatable bonds is 2. The predicted molar refractivity (Wildman–Crippen MR) is 69.5 cm³/mol. The molecular weight excluding hydrogens is 346 g/mol. The number of hydrogen-bond donors (Lipinski definition) is 1. The summed E-state index contributed by atoms with van der Waals surface area (Å²) in [6, 6.07) is 6.67. The molecule has 0 fully saturated rings. The lowest BCUT2D eigenvalue weighted by Crippen LogP contribution is -2.11. The molecule has 3 nitrogen and oxygen atoms in total. The second kappa shape index (κ2) is 5.34. The minimum absolute atomic E-state index is 0.259. The quantitative estimate of drug-likeness (QED) is 0.799. The first-order valence-corrected chi connectivity index (χ1v) is 6.15.